The average Bonchev–Trinajstić information content (AvgIpc) is 2.91. The lowest BCUT2D eigenvalue weighted by atomic mass is 9.45. The summed E-state index contributed by atoms with van der Waals surface area (Å²) in [6.45, 7) is 13.1. The van der Waals surface area contributed by atoms with Crippen molar-refractivity contribution in [2.24, 2.45) is 40.2 Å². The molecule has 4 saturated carbocycles. The van der Waals surface area contributed by atoms with Gasteiger partial charge in [-0.3, -0.25) is 0 Å². The van der Waals surface area contributed by atoms with Crippen LogP contribution in [0.3, 0.4) is 0 Å². The summed E-state index contributed by atoms with van der Waals surface area (Å²) < 4.78 is 0. The monoisotopic (exact) mass is 374 g/mol. The molecule has 6 atom stereocenters. The average molecular weight is 375 g/mol. The molecule has 4 unspecified atom stereocenters. The van der Waals surface area contributed by atoms with Gasteiger partial charge in [0.05, 0.1) is 6.61 Å². The highest BCUT2D eigenvalue weighted by atomic mass is 16.3. The maximum Gasteiger partial charge on any atom is 0.0605 e. The summed E-state index contributed by atoms with van der Waals surface area (Å²) in [5, 5.41) is 16.4. The van der Waals surface area contributed by atoms with Crippen molar-refractivity contribution in [2.45, 2.75) is 91.0 Å². The first kappa shape index (κ1) is 21.0. The molecule has 0 aromatic rings. The van der Waals surface area contributed by atoms with E-state index in [1.807, 2.05) is 0 Å². The Kier molecular flexibility index (Phi) is 5.69. The number of aliphatic hydroxyl groups excluding tert-OH is 1. The van der Waals surface area contributed by atoms with Crippen molar-refractivity contribution in [3.05, 3.63) is 12.2 Å². The summed E-state index contributed by atoms with van der Waals surface area (Å²) in [4.78, 5) is 0. The zero-order valence-corrected chi connectivity index (χ0v) is 18.1. The Morgan fingerprint density at radius 2 is 1.78 bits per heavy atom. The quantitative estimate of drug-likeness (QED) is 0.544. The number of hydrogen-bond acceptors (Lipinski definition) is 3. The van der Waals surface area contributed by atoms with Gasteiger partial charge in [0.25, 0.3) is 0 Å². The van der Waals surface area contributed by atoms with E-state index in [9.17, 15) is 0 Å². The molecule has 4 aliphatic rings. The number of rotatable bonds is 1. The first-order chi connectivity index (χ1) is 12.5. The van der Waals surface area contributed by atoms with Crippen LogP contribution < -0.4 is 5.73 Å². The standard InChI is InChI=1S/C20H31N.C4H11NO/c1-13-4-7-17-16-6-5-14-12-15(21)8-10-20(14,3)18(16)9-11-19(13,17)2;1-4(2,5)3-6/h14,16-18,21H,1,4-12H2,2-3H3;6H,3,5H2,1-2H3/t14?,16?,17?,18?,19-,20+;/m1./s1. The lowest BCUT2D eigenvalue weighted by Crippen LogP contribution is -2.52. The van der Waals surface area contributed by atoms with Gasteiger partial charge < -0.3 is 16.2 Å². The van der Waals surface area contributed by atoms with E-state index in [0.717, 1.165) is 42.2 Å². The van der Waals surface area contributed by atoms with Crippen LogP contribution in [0.4, 0.5) is 0 Å². The van der Waals surface area contributed by atoms with Crippen LogP contribution in [0, 0.1) is 39.9 Å². The van der Waals surface area contributed by atoms with Crippen LogP contribution in [0.25, 0.3) is 0 Å². The van der Waals surface area contributed by atoms with Crippen molar-refractivity contribution in [3.8, 4) is 0 Å². The van der Waals surface area contributed by atoms with Gasteiger partial charge in [0.15, 0.2) is 0 Å². The predicted molar refractivity (Wildman–Crippen MR) is 114 cm³/mol. The summed E-state index contributed by atoms with van der Waals surface area (Å²) in [5.41, 5.74) is 8.48. The Bertz CT molecular complexity index is 592. The molecule has 3 heteroatoms. The molecule has 4 N–H and O–H groups in total. The highest BCUT2D eigenvalue weighted by Gasteiger charge is 2.58. The number of nitrogens with one attached hydrogen (secondary N) is 1. The number of aliphatic hydroxyl groups is 1. The molecule has 154 valence electrons. The first-order valence-electron chi connectivity index (χ1n) is 11.2. The Hall–Kier alpha value is -0.670. The Morgan fingerprint density at radius 3 is 2.41 bits per heavy atom. The van der Waals surface area contributed by atoms with Crippen LogP contribution in [0.2, 0.25) is 0 Å². The van der Waals surface area contributed by atoms with Crippen molar-refractivity contribution in [1.29, 1.82) is 5.41 Å². The Labute approximate surface area is 166 Å². The number of hydrogen-bond donors (Lipinski definition) is 3. The van der Waals surface area contributed by atoms with Crippen LogP contribution >= 0.6 is 0 Å². The third-order valence-electron chi connectivity index (χ3n) is 8.89. The molecule has 0 aliphatic heterocycles. The molecule has 4 rings (SSSR count). The fourth-order valence-electron chi connectivity index (χ4n) is 6.99. The Morgan fingerprint density at radius 1 is 1.11 bits per heavy atom. The zero-order chi connectivity index (χ0) is 20.0. The van der Waals surface area contributed by atoms with Crippen LogP contribution in [0.15, 0.2) is 12.2 Å². The van der Waals surface area contributed by atoms with E-state index in [4.69, 9.17) is 16.2 Å². The molecule has 0 heterocycles. The predicted octanol–water partition coefficient (Wildman–Crippen LogP) is 5.32. The van der Waals surface area contributed by atoms with Gasteiger partial charge in [0, 0.05) is 11.3 Å². The van der Waals surface area contributed by atoms with Gasteiger partial charge in [-0.2, -0.15) is 0 Å². The Balaban J connectivity index is 0.000000307. The highest BCUT2D eigenvalue weighted by molar-refractivity contribution is 5.82. The summed E-state index contributed by atoms with van der Waals surface area (Å²) in [7, 11) is 0. The molecule has 0 spiro atoms. The largest absolute Gasteiger partial charge is 0.394 e. The van der Waals surface area contributed by atoms with Crippen molar-refractivity contribution in [1.82, 2.24) is 0 Å². The molecule has 0 aromatic heterocycles. The maximum atomic E-state index is 8.28. The topological polar surface area (TPSA) is 70.1 Å². The van der Waals surface area contributed by atoms with Crippen LogP contribution in [-0.2, 0) is 0 Å². The smallest absolute Gasteiger partial charge is 0.0605 e. The zero-order valence-electron chi connectivity index (χ0n) is 18.1. The van der Waals surface area contributed by atoms with E-state index >= 15 is 0 Å². The second-order valence-electron chi connectivity index (χ2n) is 11.2. The second kappa shape index (κ2) is 7.30. The number of fused-ring (bicyclic) bond motifs is 5. The molecular weight excluding hydrogens is 332 g/mol. The van der Waals surface area contributed by atoms with Gasteiger partial charge in [0.1, 0.15) is 0 Å². The molecule has 0 amide bonds. The normalized spacial score (nSPS) is 43.9. The van der Waals surface area contributed by atoms with Gasteiger partial charge >= 0.3 is 0 Å². The first-order valence-corrected chi connectivity index (χ1v) is 11.2. The van der Waals surface area contributed by atoms with E-state index in [-0.39, 0.29) is 6.61 Å². The highest BCUT2D eigenvalue weighted by Crippen LogP contribution is 2.66. The minimum atomic E-state index is -0.403. The van der Waals surface area contributed by atoms with Gasteiger partial charge in [-0.1, -0.05) is 26.0 Å². The third kappa shape index (κ3) is 3.79. The van der Waals surface area contributed by atoms with Gasteiger partial charge in [-0.05, 0) is 106 Å². The van der Waals surface area contributed by atoms with E-state index in [1.54, 1.807) is 19.4 Å². The molecule has 27 heavy (non-hydrogen) atoms. The van der Waals surface area contributed by atoms with Crippen molar-refractivity contribution in [2.75, 3.05) is 6.61 Å². The van der Waals surface area contributed by atoms with Crippen molar-refractivity contribution in [3.63, 3.8) is 0 Å². The molecule has 0 saturated heterocycles. The van der Waals surface area contributed by atoms with E-state index < -0.39 is 5.54 Å². The number of nitrogens with two attached hydrogens (primary N) is 1. The van der Waals surface area contributed by atoms with E-state index in [2.05, 4.69) is 20.4 Å². The third-order valence-corrected chi connectivity index (χ3v) is 8.89. The molecule has 4 fully saturated rings. The second-order valence-corrected chi connectivity index (χ2v) is 11.2. The summed E-state index contributed by atoms with van der Waals surface area (Å²) in [5.74, 6) is 3.63. The fraction of sp³-hybridized carbons (Fsp3) is 0.875. The van der Waals surface area contributed by atoms with Crippen LogP contribution in [0.1, 0.15) is 85.5 Å². The van der Waals surface area contributed by atoms with Crippen LogP contribution in [-0.4, -0.2) is 23.0 Å². The SMILES string of the molecule is C=C1CCC2C3CCC4CC(=N)CC[C@]4(C)C3CC[C@]12C.CC(C)(N)CO. The van der Waals surface area contributed by atoms with Gasteiger partial charge in [0.2, 0.25) is 0 Å². The summed E-state index contributed by atoms with van der Waals surface area (Å²) in [6.07, 6.45) is 11.8. The molecule has 4 aliphatic carbocycles. The summed E-state index contributed by atoms with van der Waals surface area (Å²) in [6, 6.07) is 0. The fourth-order valence-corrected chi connectivity index (χ4v) is 6.99. The molecule has 0 radical (unpaired) electrons. The van der Waals surface area contributed by atoms with Crippen LogP contribution in [0.5, 0.6) is 0 Å². The minimum absolute atomic E-state index is 0.0486. The van der Waals surface area contributed by atoms with Crippen molar-refractivity contribution >= 4 is 5.71 Å². The van der Waals surface area contributed by atoms with Gasteiger partial charge in [-0.25, -0.2) is 0 Å². The molecule has 3 nitrogen and oxygen atoms in total. The van der Waals surface area contributed by atoms with E-state index in [1.165, 1.54) is 44.9 Å². The maximum absolute atomic E-state index is 8.28. The lowest BCUT2D eigenvalue weighted by molar-refractivity contribution is -0.0856. The summed E-state index contributed by atoms with van der Waals surface area (Å²) >= 11 is 0. The van der Waals surface area contributed by atoms with E-state index in [0.29, 0.717) is 10.8 Å². The minimum Gasteiger partial charge on any atom is -0.394 e. The molecule has 0 aromatic carbocycles. The molecule has 0 bridgehead atoms. The lowest BCUT2D eigenvalue weighted by Gasteiger charge is -2.60. The number of allylic oxidation sites excluding steroid dienone is 1. The van der Waals surface area contributed by atoms with Crippen molar-refractivity contribution < 1.29 is 5.11 Å². The molecular formula is C24H42N2O. The van der Waals surface area contributed by atoms with Gasteiger partial charge in [-0.15, -0.1) is 0 Å².